The molecule has 10 nitrogen and oxygen atoms in total. The normalized spacial score (nSPS) is 12.6. The molecule has 2 aromatic heterocycles. The van der Waals surface area contributed by atoms with E-state index in [-0.39, 0.29) is 28.0 Å². The SMILES string of the molecule is CCC(C=O)NC(=O)c1ccc(CNS(=O)(=O)c2ccc3o[nH]c(=O)c3c2)nc1. The van der Waals surface area contributed by atoms with Gasteiger partial charge in [-0.2, -0.15) is 5.16 Å². The highest BCUT2D eigenvalue weighted by Gasteiger charge is 2.17. The Balaban J connectivity index is 1.68. The fourth-order valence-electron chi connectivity index (χ4n) is 2.50. The summed E-state index contributed by atoms with van der Waals surface area (Å²) in [7, 11) is -3.90. The molecule has 3 rings (SSSR count). The first-order valence-electron chi connectivity index (χ1n) is 8.66. The fourth-order valence-corrected chi connectivity index (χ4v) is 3.52. The number of H-pyrrole nitrogens is 1. The average Bonchev–Trinajstić information content (AvgIpc) is 3.11. The second-order valence-corrected chi connectivity index (χ2v) is 7.95. The second-order valence-electron chi connectivity index (χ2n) is 6.18. The number of nitrogens with one attached hydrogen (secondary N) is 3. The third-order valence-electron chi connectivity index (χ3n) is 4.21. The van der Waals surface area contributed by atoms with Gasteiger partial charge in [-0.25, -0.2) is 13.1 Å². The zero-order valence-electron chi connectivity index (χ0n) is 15.3. The van der Waals surface area contributed by atoms with Crippen LogP contribution in [-0.2, 0) is 21.4 Å². The average molecular weight is 418 g/mol. The van der Waals surface area contributed by atoms with E-state index < -0.39 is 27.5 Å². The highest BCUT2D eigenvalue weighted by molar-refractivity contribution is 7.89. The van der Waals surface area contributed by atoms with Crippen LogP contribution in [-0.4, -0.2) is 36.8 Å². The maximum Gasteiger partial charge on any atom is 0.287 e. The molecule has 0 saturated heterocycles. The number of pyridine rings is 1. The van der Waals surface area contributed by atoms with Gasteiger partial charge in [0.15, 0.2) is 5.58 Å². The van der Waals surface area contributed by atoms with Crippen molar-refractivity contribution in [3.63, 3.8) is 0 Å². The van der Waals surface area contributed by atoms with Crippen LogP contribution < -0.4 is 15.6 Å². The van der Waals surface area contributed by atoms with E-state index in [1.807, 2.05) is 0 Å². The minimum absolute atomic E-state index is 0.0904. The van der Waals surface area contributed by atoms with Crippen molar-refractivity contribution in [3.8, 4) is 0 Å². The summed E-state index contributed by atoms with van der Waals surface area (Å²) in [6.07, 6.45) is 2.43. The van der Waals surface area contributed by atoms with Gasteiger partial charge in [0.1, 0.15) is 6.29 Å². The van der Waals surface area contributed by atoms with Crippen LogP contribution >= 0.6 is 0 Å². The van der Waals surface area contributed by atoms with Gasteiger partial charge in [0.05, 0.1) is 34.1 Å². The third kappa shape index (κ3) is 4.58. The van der Waals surface area contributed by atoms with E-state index in [0.717, 1.165) is 0 Å². The fraction of sp³-hybridized carbons (Fsp3) is 0.222. The molecule has 0 spiro atoms. The smallest absolute Gasteiger partial charge is 0.287 e. The number of carbonyl (C=O) groups is 2. The Morgan fingerprint density at radius 1 is 1.31 bits per heavy atom. The van der Waals surface area contributed by atoms with Crippen LogP contribution in [0.3, 0.4) is 0 Å². The van der Waals surface area contributed by atoms with Gasteiger partial charge in [-0.3, -0.25) is 14.6 Å². The Morgan fingerprint density at radius 3 is 2.76 bits per heavy atom. The van der Waals surface area contributed by atoms with Crippen LogP contribution in [0, 0.1) is 0 Å². The standard InChI is InChI=1S/C18H18N4O6S/c1-2-12(10-23)21-17(24)11-3-4-13(19-8-11)9-20-29(26,27)14-5-6-16-15(7-14)18(25)22-28-16/h3-8,10,12,20H,2,9H2,1H3,(H,21,24)(H,22,25). The van der Waals surface area contributed by atoms with Crippen molar-refractivity contribution in [1.82, 2.24) is 20.2 Å². The van der Waals surface area contributed by atoms with Crippen LogP contribution in [0.15, 0.2) is 50.7 Å². The van der Waals surface area contributed by atoms with Crippen molar-refractivity contribution >= 4 is 33.2 Å². The molecule has 11 heteroatoms. The molecule has 1 amide bonds. The zero-order chi connectivity index (χ0) is 21.0. The molecule has 0 aliphatic carbocycles. The number of nitrogens with zero attached hydrogens (tertiary/aromatic N) is 1. The molecular weight excluding hydrogens is 400 g/mol. The minimum atomic E-state index is -3.90. The summed E-state index contributed by atoms with van der Waals surface area (Å²) in [5.74, 6) is -0.442. The number of rotatable bonds is 8. The topological polar surface area (TPSA) is 151 Å². The molecule has 3 N–H and O–H groups in total. The van der Waals surface area contributed by atoms with Gasteiger partial charge >= 0.3 is 0 Å². The van der Waals surface area contributed by atoms with Crippen molar-refractivity contribution < 1.29 is 22.5 Å². The van der Waals surface area contributed by atoms with Crippen LogP contribution in [0.1, 0.15) is 29.4 Å². The number of hydrogen-bond donors (Lipinski definition) is 3. The Bertz CT molecular complexity index is 1200. The van der Waals surface area contributed by atoms with Crippen molar-refractivity contribution in [2.24, 2.45) is 0 Å². The van der Waals surface area contributed by atoms with Crippen LogP contribution in [0.2, 0.25) is 0 Å². The van der Waals surface area contributed by atoms with Gasteiger partial charge < -0.3 is 14.6 Å². The predicted octanol–water partition coefficient (Wildman–Crippen LogP) is 0.702. The Morgan fingerprint density at radius 2 is 2.10 bits per heavy atom. The highest BCUT2D eigenvalue weighted by Crippen LogP contribution is 2.16. The number of fused-ring (bicyclic) bond motifs is 1. The summed E-state index contributed by atoms with van der Waals surface area (Å²) < 4.78 is 32.2. The lowest BCUT2D eigenvalue weighted by Gasteiger charge is -2.10. The van der Waals surface area contributed by atoms with Gasteiger partial charge in [0.2, 0.25) is 10.0 Å². The molecule has 29 heavy (non-hydrogen) atoms. The molecule has 0 bridgehead atoms. The molecule has 1 aromatic carbocycles. The molecule has 1 atom stereocenters. The first-order valence-corrected chi connectivity index (χ1v) is 10.1. The Labute approximate surface area is 165 Å². The van der Waals surface area contributed by atoms with Crippen molar-refractivity contribution in [2.75, 3.05) is 0 Å². The number of hydrogen-bond acceptors (Lipinski definition) is 7. The summed E-state index contributed by atoms with van der Waals surface area (Å²) in [6, 6.07) is 6.34. The van der Waals surface area contributed by atoms with Gasteiger partial charge in [0, 0.05) is 6.20 Å². The lowest BCUT2D eigenvalue weighted by Crippen LogP contribution is -2.35. The first-order chi connectivity index (χ1) is 13.8. The van der Waals surface area contributed by atoms with Gasteiger partial charge in [-0.1, -0.05) is 6.92 Å². The van der Waals surface area contributed by atoms with E-state index in [1.54, 1.807) is 6.92 Å². The first kappa shape index (κ1) is 20.4. The minimum Gasteiger partial charge on any atom is -0.378 e. The summed E-state index contributed by atoms with van der Waals surface area (Å²) in [6.45, 7) is 1.66. The summed E-state index contributed by atoms with van der Waals surface area (Å²) >= 11 is 0. The second kappa shape index (κ2) is 8.37. The third-order valence-corrected chi connectivity index (χ3v) is 5.61. The maximum absolute atomic E-state index is 12.5. The molecule has 0 radical (unpaired) electrons. The molecule has 0 fully saturated rings. The number of aldehydes is 1. The molecule has 0 aliphatic heterocycles. The van der Waals surface area contributed by atoms with Crippen molar-refractivity contribution in [3.05, 3.63) is 58.1 Å². The Hall–Kier alpha value is -3.31. The van der Waals surface area contributed by atoms with Gasteiger partial charge in [-0.05, 0) is 36.8 Å². The number of sulfonamides is 1. The van der Waals surface area contributed by atoms with E-state index >= 15 is 0 Å². The van der Waals surface area contributed by atoms with E-state index in [2.05, 4.69) is 20.2 Å². The number of aromatic nitrogens is 2. The van der Waals surface area contributed by atoms with Crippen LogP contribution in [0.4, 0.5) is 0 Å². The number of aromatic amines is 1. The molecule has 3 aromatic rings. The lowest BCUT2D eigenvalue weighted by molar-refractivity contribution is -0.109. The van der Waals surface area contributed by atoms with Gasteiger partial charge in [0.25, 0.3) is 11.5 Å². The van der Waals surface area contributed by atoms with E-state index in [1.165, 1.54) is 36.5 Å². The van der Waals surface area contributed by atoms with Crippen molar-refractivity contribution in [1.29, 1.82) is 0 Å². The molecule has 0 saturated carbocycles. The quantitative estimate of drug-likeness (QED) is 0.456. The number of carbonyl (C=O) groups excluding carboxylic acids is 2. The van der Waals surface area contributed by atoms with E-state index in [4.69, 9.17) is 4.52 Å². The summed E-state index contributed by atoms with van der Waals surface area (Å²) in [4.78, 5) is 38.4. The number of amides is 1. The van der Waals surface area contributed by atoms with E-state index in [9.17, 15) is 22.8 Å². The lowest BCUT2D eigenvalue weighted by atomic mass is 10.2. The van der Waals surface area contributed by atoms with Crippen molar-refractivity contribution in [2.45, 2.75) is 30.8 Å². The molecule has 152 valence electrons. The summed E-state index contributed by atoms with van der Waals surface area (Å²) in [5.41, 5.74) is 0.369. The van der Waals surface area contributed by atoms with Crippen LogP contribution in [0.5, 0.6) is 0 Å². The molecule has 0 aliphatic rings. The van der Waals surface area contributed by atoms with Crippen LogP contribution in [0.25, 0.3) is 11.0 Å². The molecule has 1 unspecified atom stereocenters. The summed E-state index contributed by atoms with van der Waals surface area (Å²) in [5, 5.41) is 4.82. The largest absolute Gasteiger partial charge is 0.378 e. The molecule has 2 heterocycles. The zero-order valence-corrected chi connectivity index (χ0v) is 16.2. The highest BCUT2D eigenvalue weighted by atomic mass is 32.2. The Kier molecular flexibility index (Phi) is 5.89. The van der Waals surface area contributed by atoms with Gasteiger partial charge in [-0.15, -0.1) is 0 Å². The number of benzene rings is 1. The maximum atomic E-state index is 12.5. The monoisotopic (exact) mass is 418 g/mol. The predicted molar refractivity (Wildman–Crippen MR) is 103 cm³/mol. The molecular formula is C18H18N4O6S. The van der Waals surface area contributed by atoms with E-state index in [0.29, 0.717) is 18.4 Å².